The smallest absolute Gasteiger partial charge is 0.414 e. The van der Waals surface area contributed by atoms with Crippen LogP contribution in [0.1, 0.15) is 18.3 Å². The summed E-state index contributed by atoms with van der Waals surface area (Å²) in [6.45, 7) is 3.00. The number of amides is 2. The van der Waals surface area contributed by atoms with Crippen LogP contribution in [-0.2, 0) is 29.7 Å². The van der Waals surface area contributed by atoms with Crippen molar-refractivity contribution in [2.75, 3.05) is 18.0 Å². The average molecular weight is 454 g/mol. The molecule has 2 aromatic carbocycles. The van der Waals surface area contributed by atoms with Crippen molar-refractivity contribution in [3.8, 4) is 11.1 Å². The number of aromatic nitrogens is 4. The van der Waals surface area contributed by atoms with E-state index in [4.69, 9.17) is 4.74 Å². The molecule has 0 unspecified atom stereocenters. The van der Waals surface area contributed by atoms with E-state index in [0.717, 1.165) is 11.1 Å². The van der Waals surface area contributed by atoms with Gasteiger partial charge in [0.1, 0.15) is 19.0 Å². The van der Waals surface area contributed by atoms with Gasteiger partial charge in [0.05, 0.1) is 30.4 Å². The summed E-state index contributed by atoms with van der Waals surface area (Å²) in [6, 6.07) is 12.2. The molecule has 172 valence electrons. The number of hydrogen-bond acceptors (Lipinski definition) is 6. The SMILES string of the molecule is CC(=O)NC[C@H]1CN(c2ccc(-c3ccc(CNCc4n[nH][n+](C)n4)cc3)c(F)c2)C(=O)O1. The van der Waals surface area contributed by atoms with Crippen LogP contribution in [0.2, 0.25) is 0 Å². The minimum atomic E-state index is -0.562. The van der Waals surface area contributed by atoms with E-state index >= 15 is 0 Å². The van der Waals surface area contributed by atoms with Crippen LogP contribution in [0.3, 0.4) is 0 Å². The molecule has 2 amide bonds. The van der Waals surface area contributed by atoms with E-state index in [1.165, 1.54) is 22.7 Å². The molecule has 10 nitrogen and oxygen atoms in total. The molecule has 0 saturated carbocycles. The Kier molecular flexibility index (Phi) is 6.59. The maximum absolute atomic E-state index is 14.9. The summed E-state index contributed by atoms with van der Waals surface area (Å²) in [6.07, 6.45) is -1.04. The number of aryl methyl sites for hydroxylation is 1. The van der Waals surface area contributed by atoms with Gasteiger partial charge in [-0.1, -0.05) is 29.1 Å². The zero-order chi connectivity index (χ0) is 23.4. The van der Waals surface area contributed by atoms with Gasteiger partial charge < -0.3 is 15.4 Å². The highest BCUT2D eigenvalue weighted by Crippen LogP contribution is 2.29. The predicted molar refractivity (Wildman–Crippen MR) is 116 cm³/mol. The first-order valence-electron chi connectivity index (χ1n) is 10.5. The number of ether oxygens (including phenoxy) is 1. The Labute approximate surface area is 189 Å². The van der Waals surface area contributed by atoms with Crippen molar-refractivity contribution >= 4 is 17.7 Å². The molecule has 1 aliphatic heterocycles. The summed E-state index contributed by atoms with van der Waals surface area (Å²) in [5.74, 6) is 0.0270. The van der Waals surface area contributed by atoms with Gasteiger partial charge in [0, 0.05) is 19.0 Å². The van der Waals surface area contributed by atoms with Crippen LogP contribution in [0.15, 0.2) is 42.5 Å². The highest BCUT2D eigenvalue weighted by atomic mass is 19.1. The van der Waals surface area contributed by atoms with E-state index in [0.29, 0.717) is 30.2 Å². The van der Waals surface area contributed by atoms with Crippen LogP contribution >= 0.6 is 0 Å². The lowest BCUT2D eigenvalue weighted by atomic mass is 10.0. The highest BCUT2D eigenvalue weighted by molar-refractivity contribution is 5.90. The Morgan fingerprint density at radius 1 is 1.27 bits per heavy atom. The number of carbonyl (C=O) groups excluding carboxylic acids is 2. The van der Waals surface area contributed by atoms with Gasteiger partial charge in [0.25, 0.3) is 0 Å². The molecule has 1 atom stereocenters. The lowest BCUT2D eigenvalue weighted by molar-refractivity contribution is -0.784. The van der Waals surface area contributed by atoms with Gasteiger partial charge in [-0.25, -0.2) is 9.18 Å². The zero-order valence-corrected chi connectivity index (χ0v) is 18.3. The number of cyclic esters (lactones) is 1. The van der Waals surface area contributed by atoms with Gasteiger partial charge >= 0.3 is 11.9 Å². The standard InChI is InChI=1S/C22H24FN7O3/c1-14(31)25-11-18-13-30(22(32)33-18)17-7-8-19(20(23)9-17)16-5-3-15(4-6-16)10-24-12-21-26-28-29(2)27-21/h3-9,18,24H,10-13H2,1-2H3,(H,25,31)/p+1/t18-/m0/s1. The molecule has 1 fully saturated rings. The first-order chi connectivity index (χ1) is 15.9. The number of H-pyrrole nitrogens is 1. The fourth-order valence-corrected chi connectivity index (χ4v) is 3.55. The summed E-state index contributed by atoms with van der Waals surface area (Å²) in [4.78, 5) is 26.1. The number of benzene rings is 2. The Bertz CT molecular complexity index is 1150. The molecule has 1 aliphatic rings. The summed E-state index contributed by atoms with van der Waals surface area (Å²) >= 11 is 0. The molecule has 0 radical (unpaired) electrons. The van der Waals surface area contributed by atoms with Crippen molar-refractivity contribution in [1.82, 2.24) is 26.0 Å². The van der Waals surface area contributed by atoms with Crippen LogP contribution in [0.4, 0.5) is 14.9 Å². The van der Waals surface area contributed by atoms with Crippen LogP contribution in [-0.4, -0.2) is 46.6 Å². The van der Waals surface area contributed by atoms with E-state index < -0.39 is 18.0 Å². The Hall–Kier alpha value is -3.86. The monoisotopic (exact) mass is 454 g/mol. The summed E-state index contributed by atoms with van der Waals surface area (Å²) in [5, 5.41) is 16.8. The van der Waals surface area contributed by atoms with Gasteiger partial charge in [-0.05, 0) is 39.6 Å². The Morgan fingerprint density at radius 2 is 2.06 bits per heavy atom. The lowest BCUT2D eigenvalue weighted by Crippen LogP contribution is -2.33. The Morgan fingerprint density at radius 3 is 2.73 bits per heavy atom. The summed E-state index contributed by atoms with van der Waals surface area (Å²) < 4.78 is 20.1. The van der Waals surface area contributed by atoms with Crippen molar-refractivity contribution in [3.05, 3.63) is 59.7 Å². The van der Waals surface area contributed by atoms with Crippen LogP contribution < -0.4 is 20.3 Å². The molecule has 33 heavy (non-hydrogen) atoms. The van der Waals surface area contributed by atoms with Gasteiger partial charge in [-0.3, -0.25) is 9.69 Å². The van der Waals surface area contributed by atoms with Gasteiger partial charge in [-0.2, -0.15) is 0 Å². The maximum Gasteiger partial charge on any atom is 0.414 e. The van der Waals surface area contributed by atoms with Crippen LogP contribution in [0.25, 0.3) is 11.1 Å². The fourth-order valence-electron chi connectivity index (χ4n) is 3.55. The second-order valence-corrected chi connectivity index (χ2v) is 7.77. The van der Waals surface area contributed by atoms with Crippen molar-refractivity contribution in [2.45, 2.75) is 26.1 Å². The minimum absolute atomic E-state index is 0.203. The van der Waals surface area contributed by atoms with E-state index in [2.05, 4.69) is 26.0 Å². The largest absolute Gasteiger partial charge is 0.442 e. The number of rotatable bonds is 8. The average Bonchev–Trinajstić information content (AvgIpc) is 3.38. The van der Waals surface area contributed by atoms with Gasteiger partial charge in [-0.15, -0.1) is 0 Å². The second-order valence-electron chi connectivity index (χ2n) is 7.77. The number of carbonyl (C=O) groups is 2. The molecule has 0 aliphatic carbocycles. The molecular formula is C22H25FN7O3+. The molecule has 1 saturated heterocycles. The fraction of sp³-hybridized carbons (Fsp3) is 0.318. The minimum Gasteiger partial charge on any atom is -0.442 e. The van der Waals surface area contributed by atoms with Crippen molar-refractivity contribution in [2.24, 2.45) is 7.05 Å². The number of hydrogen-bond donors (Lipinski definition) is 3. The lowest BCUT2D eigenvalue weighted by Gasteiger charge is -2.14. The van der Waals surface area contributed by atoms with Crippen LogP contribution in [0, 0.1) is 5.82 Å². The number of aromatic amines is 1. The summed E-state index contributed by atoms with van der Waals surface area (Å²) in [5.41, 5.74) is 2.62. The number of tetrazole rings is 1. The third kappa shape index (κ3) is 5.50. The van der Waals surface area contributed by atoms with Crippen molar-refractivity contribution in [1.29, 1.82) is 0 Å². The van der Waals surface area contributed by atoms with Crippen LogP contribution in [0.5, 0.6) is 0 Å². The molecule has 3 aromatic rings. The van der Waals surface area contributed by atoms with Crippen molar-refractivity contribution < 1.29 is 23.5 Å². The number of halogens is 1. The molecule has 3 N–H and O–H groups in total. The van der Waals surface area contributed by atoms with E-state index in [1.807, 2.05) is 24.3 Å². The first-order valence-corrected chi connectivity index (χ1v) is 10.5. The van der Waals surface area contributed by atoms with E-state index in [9.17, 15) is 14.0 Å². The summed E-state index contributed by atoms with van der Waals surface area (Å²) in [7, 11) is 1.77. The number of anilines is 1. The molecule has 1 aromatic heterocycles. The third-order valence-corrected chi connectivity index (χ3v) is 5.18. The van der Waals surface area contributed by atoms with E-state index in [-0.39, 0.29) is 19.0 Å². The topological polar surface area (TPSA) is 116 Å². The first kappa shape index (κ1) is 22.3. The highest BCUT2D eigenvalue weighted by Gasteiger charge is 2.32. The molecular weight excluding hydrogens is 429 g/mol. The number of nitrogens with zero attached hydrogens (tertiary/aromatic N) is 4. The molecule has 4 rings (SSSR count). The van der Waals surface area contributed by atoms with Crippen molar-refractivity contribution in [3.63, 3.8) is 0 Å². The van der Waals surface area contributed by atoms with Gasteiger partial charge in [0.15, 0.2) is 0 Å². The molecule has 0 bridgehead atoms. The third-order valence-electron chi connectivity index (χ3n) is 5.18. The predicted octanol–water partition coefficient (Wildman–Crippen LogP) is 1.19. The van der Waals surface area contributed by atoms with Gasteiger partial charge in [0.2, 0.25) is 5.91 Å². The Balaban J connectivity index is 1.37. The molecule has 0 spiro atoms. The zero-order valence-electron chi connectivity index (χ0n) is 18.3. The number of nitrogens with one attached hydrogen (secondary N) is 3. The molecule has 2 heterocycles. The molecule has 11 heteroatoms. The second kappa shape index (κ2) is 9.74. The van der Waals surface area contributed by atoms with E-state index in [1.54, 1.807) is 19.2 Å². The quantitative estimate of drug-likeness (QED) is 0.441. The maximum atomic E-state index is 14.9. The normalized spacial score (nSPS) is 15.5.